The largest absolute Gasteiger partial charge is 0.496 e. The highest BCUT2D eigenvalue weighted by molar-refractivity contribution is 9.10. The number of nitrogens with two attached hydrogens (primary N) is 1. The molecule has 2 aromatic carbocycles. The molecule has 182 valence electrons. The predicted octanol–water partition coefficient (Wildman–Crippen LogP) is 3.23. The van der Waals surface area contributed by atoms with E-state index in [0.717, 1.165) is 4.47 Å². The van der Waals surface area contributed by atoms with Crippen molar-refractivity contribution in [3.8, 4) is 5.75 Å². The van der Waals surface area contributed by atoms with Gasteiger partial charge in [-0.05, 0) is 56.3 Å². The first-order chi connectivity index (χ1) is 16.3. The zero-order valence-corrected chi connectivity index (χ0v) is 20.9. The van der Waals surface area contributed by atoms with Crippen molar-refractivity contribution >= 4 is 39.4 Å². The lowest BCUT2D eigenvalue weighted by atomic mass is 10.0. The standard InChI is InChI=1S/C24H29BrN4O5/c1-4-21(26)28-17-8-6-7-15(11-17)24(32)27-14-22(30)29-19(13-23(31)34-5-2)18-12-16(25)9-10-20(18)33-3/h4,6-12,19,28H,5,13-14,26H2,1-3H3,(H,27,32)(H,29,30)/b21-4-. The number of benzene rings is 2. The molecule has 0 heterocycles. The normalized spacial score (nSPS) is 11.8. The van der Waals surface area contributed by atoms with Gasteiger partial charge in [0.15, 0.2) is 0 Å². The summed E-state index contributed by atoms with van der Waals surface area (Å²) in [5.74, 6) is -0.417. The molecule has 0 aromatic heterocycles. The van der Waals surface area contributed by atoms with E-state index in [0.29, 0.717) is 28.4 Å². The summed E-state index contributed by atoms with van der Waals surface area (Å²) in [6.07, 6.45) is 1.60. The van der Waals surface area contributed by atoms with Gasteiger partial charge < -0.3 is 31.2 Å². The number of carbonyl (C=O) groups excluding carboxylic acids is 3. The summed E-state index contributed by atoms with van der Waals surface area (Å²) in [7, 11) is 1.50. The Morgan fingerprint density at radius 3 is 2.62 bits per heavy atom. The van der Waals surface area contributed by atoms with Crippen LogP contribution >= 0.6 is 15.9 Å². The first-order valence-corrected chi connectivity index (χ1v) is 11.4. The average molecular weight is 533 g/mol. The van der Waals surface area contributed by atoms with Crippen LogP contribution in [0.3, 0.4) is 0 Å². The fraction of sp³-hybridized carbons (Fsp3) is 0.292. The van der Waals surface area contributed by atoms with Crippen molar-refractivity contribution in [3.05, 3.63) is 70.0 Å². The third-order valence-electron chi connectivity index (χ3n) is 4.71. The Balaban J connectivity index is 2.09. The lowest BCUT2D eigenvalue weighted by molar-refractivity contribution is -0.143. The monoisotopic (exact) mass is 532 g/mol. The number of allylic oxidation sites excluding steroid dienone is 1. The summed E-state index contributed by atoms with van der Waals surface area (Å²) in [6, 6.07) is 11.3. The van der Waals surface area contributed by atoms with Crippen LogP contribution in [0, 0.1) is 0 Å². The molecule has 2 rings (SSSR count). The Morgan fingerprint density at radius 1 is 1.18 bits per heavy atom. The molecular weight excluding hydrogens is 504 g/mol. The molecule has 0 aliphatic rings. The zero-order valence-electron chi connectivity index (χ0n) is 19.3. The fourth-order valence-electron chi connectivity index (χ4n) is 3.09. The van der Waals surface area contributed by atoms with Crippen molar-refractivity contribution in [2.75, 3.05) is 25.6 Å². The van der Waals surface area contributed by atoms with E-state index in [9.17, 15) is 14.4 Å². The highest BCUT2D eigenvalue weighted by Gasteiger charge is 2.23. The Kier molecular flexibility index (Phi) is 10.4. The molecule has 10 heteroatoms. The summed E-state index contributed by atoms with van der Waals surface area (Å²) in [6.45, 7) is 3.43. The molecule has 0 aliphatic carbocycles. The lowest BCUT2D eigenvalue weighted by Crippen LogP contribution is -2.39. The Labute approximate surface area is 207 Å². The highest BCUT2D eigenvalue weighted by atomic mass is 79.9. The summed E-state index contributed by atoms with van der Waals surface area (Å²) < 4.78 is 11.2. The maximum atomic E-state index is 12.7. The first-order valence-electron chi connectivity index (χ1n) is 10.6. The second-order valence-corrected chi connectivity index (χ2v) is 8.06. The van der Waals surface area contributed by atoms with Gasteiger partial charge in [0.2, 0.25) is 5.91 Å². The maximum absolute atomic E-state index is 12.7. The van der Waals surface area contributed by atoms with Gasteiger partial charge in [0.25, 0.3) is 5.91 Å². The summed E-state index contributed by atoms with van der Waals surface area (Å²) in [5, 5.41) is 8.33. The average Bonchev–Trinajstić information content (AvgIpc) is 2.82. The fourth-order valence-corrected chi connectivity index (χ4v) is 3.47. The number of methoxy groups -OCH3 is 1. The van der Waals surface area contributed by atoms with Crippen LogP contribution < -0.4 is 26.4 Å². The van der Waals surface area contributed by atoms with E-state index in [4.69, 9.17) is 15.2 Å². The van der Waals surface area contributed by atoms with Crippen molar-refractivity contribution in [1.29, 1.82) is 0 Å². The van der Waals surface area contributed by atoms with Gasteiger partial charge in [-0.1, -0.05) is 22.0 Å². The number of carbonyl (C=O) groups is 3. The van der Waals surface area contributed by atoms with E-state index in [1.54, 1.807) is 62.4 Å². The van der Waals surface area contributed by atoms with Gasteiger partial charge in [-0.25, -0.2) is 0 Å². The number of amides is 2. The third-order valence-corrected chi connectivity index (χ3v) is 5.21. The van der Waals surface area contributed by atoms with Crippen molar-refractivity contribution in [3.63, 3.8) is 0 Å². The van der Waals surface area contributed by atoms with Crippen molar-refractivity contribution in [1.82, 2.24) is 10.6 Å². The summed E-state index contributed by atoms with van der Waals surface area (Å²) >= 11 is 3.40. The molecule has 1 unspecified atom stereocenters. The van der Waals surface area contributed by atoms with Gasteiger partial charge in [-0.15, -0.1) is 0 Å². The lowest BCUT2D eigenvalue weighted by Gasteiger charge is -2.21. The molecule has 34 heavy (non-hydrogen) atoms. The van der Waals surface area contributed by atoms with Gasteiger partial charge in [0.1, 0.15) is 5.75 Å². The van der Waals surface area contributed by atoms with Crippen molar-refractivity contribution < 1.29 is 23.9 Å². The molecule has 0 fully saturated rings. The number of rotatable bonds is 11. The molecule has 2 aromatic rings. The Hall–Kier alpha value is -3.53. The second kappa shape index (κ2) is 13.2. The van der Waals surface area contributed by atoms with Crippen LogP contribution in [0.2, 0.25) is 0 Å². The number of nitrogens with one attached hydrogen (secondary N) is 3. The molecule has 0 bridgehead atoms. The number of ether oxygens (including phenoxy) is 2. The van der Waals surface area contributed by atoms with E-state index in [1.165, 1.54) is 7.11 Å². The van der Waals surface area contributed by atoms with Crippen LogP contribution in [0.15, 0.2) is 58.8 Å². The summed E-state index contributed by atoms with van der Waals surface area (Å²) in [4.78, 5) is 37.4. The number of esters is 1. The SMILES string of the molecule is C/C=C(/N)Nc1cccc(C(=O)NCC(=O)NC(CC(=O)OCC)c2cc(Br)ccc2OC)c1. The van der Waals surface area contributed by atoms with Crippen molar-refractivity contribution in [2.45, 2.75) is 26.3 Å². The second-order valence-electron chi connectivity index (χ2n) is 7.15. The van der Waals surface area contributed by atoms with E-state index in [2.05, 4.69) is 31.9 Å². The molecule has 0 saturated heterocycles. The Morgan fingerprint density at radius 2 is 1.94 bits per heavy atom. The Bertz CT molecular complexity index is 1060. The number of anilines is 1. The minimum atomic E-state index is -0.716. The molecule has 2 amide bonds. The van der Waals surface area contributed by atoms with Gasteiger partial charge in [0.05, 0.1) is 38.5 Å². The molecule has 0 aliphatic heterocycles. The van der Waals surface area contributed by atoms with E-state index >= 15 is 0 Å². The van der Waals surface area contributed by atoms with E-state index in [-0.39, 0.29) is 19.6 Å². The predicted molar refractivity (Wildman–Crippen MR) is 133 cm³/mol. The number of hydrogen-bond acceptors (Lipinski definition) is 7. The molecule has 0 spiro atoms. The molecule has 0 saturated carbocycles. The van der Waals surface area contributed by atoms with Gasteiger partial charge in [-0.2, -0.15) is 0 Å². The first kappa shape index (κ1) is 26.7. The van der Waals surface area contributed by atoms with Crippen LogP contribution in [-0.4, -0.2) is 38.0 Å². The van der Waals surface area contributed by atoms with Gasteiger partial charge in [-0.3, -0.25) is 14.4 Å². The quantitative estimate of drug-likeness (QED) is 0.326. The third kappa shape index (κ3) is 8.11. The van der Waals surface area contributed by atoms with Crippen LogP contribution in [0.1, 0.15) is 42.2 Å². The van der Waals surface area contributed by atoms with Crippen LogP contribution in [0.4, 0.5) is 5.69 Å². The summed E-state index contributed by atoms with van der Waals surface area (Å²) in [5.41, 5.74) is 7.36. The topological polar surface area (TPSA) is 132 Å². The molecule has 5 N–H and O–H groups in total. The van der Waals surface area contributed by atoms with E-state index in [1.807, 2.05) is 0 Å². The number of hydrogen-bond donors (Lipinski definition) is 4. The van der Waals surface area contributed by atoms with Crippen LogP contribution in [0.25, 0.3) is 0 Å². The van der Waals surface area contributed by atoms with Gasteiger partial charge in [0, 0.05) is 21.3 Å². The molecular formula is C24H29BrN4O5. The number of halogens is 1. The highest BCUT2D eigenvalue weighted by Crippen LogP contribution is 2.30. The molecule has 1 atom stereocenters. The molecule has 9 nitrogen and oxygen atoms in total. The molecule has 0 radical (unpaired) electrons. The van der Waals surface area contributed by atoms with Crippen molar-refractivity contribution in [2.24, 2.45) is 5.73 Å². The van der Waals surface area contributed by atoms with Crippen LogP contribution in [0.5, 0.6) is 5.75 Å². The zero-order chi connectivity index (χ0) is 25.1. The maximum Gasteiger partial charge on any atom is 0.308 e. The minimum Gasteiger partial charge on any atom is -0.496 e. The van der Waals surface area contributed by atoms with E-state index < -0.39 is 23.8 Å². The minimum absolute atomic E-state index is 0.0968. The van der Waals surface area contributed by atoms with Crippen LogP contribution in [-0.2, 0) is 14.3 Å². The smallest absolute Gasteiger partial charge is 0.308 e. The van der Waals surface area contributed by atoms with Gasteiger partial charge >= 0.3 is 5.97 Å².